The normalized spacial score (nSPS) is 10.4. The number of aromatic amines is 1. The molecule has 0 fully saturated rings. The topological polar surface area (TPSA) is 82.2 Å². The van der Waals surface area contributed by atoms with Crippen molar-refractivity contribution in [2.45, 2.75) is 6.54 Å². The van der Waals surface area contributed by atoms with E-state index in [1.807, 2.05) is 47.8 Å². The number of hydrogen-bond donors (Lipinski definition) is 3. The van der Waals surface area contributed by atoms with Crippen LogP contribution in [0.5, 0.6) is 5.75 Å². The molecule has 0 aliphatic carbocycles. The Morgan fingerprint density at radius 1 is 1.17 bits per heavy atom. The third-order valence-corrected chi connectivity index (χ3v) is 4.22. The second-order valence-electron chi connectivity index (χ2n) is 4.92. The van der Waals surface area contributed by atoms with Crippen molar-refractivity contribution in [2.24, 2.45) is 0 Å². The molecule has 2 heterocycles. The van der Waals surface area contributed by atoms with Crippen molar-refractivity contribution in [1.29, 1.82) is 0 Å². The lowest BCUT2D eigenvalue weighted by atomic mass is 10.2. The predicted octanol–water partition coefficient (Wildman–Crippen LogP) is 2.74. The minimum absolute atomic E-state index is 0.128. The molecule has 2 aromatic heterocycles. The molecule has 0 atom stereocenters. The summed E-state index contributed by atoms with van der Waals surface area (Å²) < 4.78 is 0. The molecule has 0 radical (unpaired) electrons. The van der Waals surface area contributed by atoms with Crippen LogP contribution in [0, 0.1) is 0 Å². The van der Waals surface area contributed by atoms with Gasteiger partial charge < -0.3 is 15.4 Å². The Kier molecular flexibility index (Phi) is 4.25. The lowest BCUT2D eigenvalue weighted by Crippen LogP contribution is -2.25. The van der Waals surface area contributed by atoms with Crippen LogP contribution >= 0.6 is 11.3 Å². The summed E-state index contributed by atoms with van der Waals surface area (Å²) >= 11 is 1.44. The fourth-order valence-electron chi connectivity index (χ4n) is 2.15. The van der Waals surface area contributed by atoms with Crippen LogP contribution in [-0.2, 0) is 6.54 Å². The van der Waals surface area contributed by atoms with Gasteiger partial charge in [-0.2, -0.15) is 0 Å². The van der Waals surface area contributed by atoms with E-state index in [-0.39, 0.29) is 5.69 Å². The average Bonchev–Trinajstić information content (AvgIpc) is 3.10. The molecule has 0 saturated carbocycles. The molecular weight excluding hydrogens is 312 g/mol. The summed E-state index contributed by atoms with van der Waals surface area (Å²) in [6, 6.07) is 14.4. The van der Waals surface area contributed by atoms with Crippen molar-refractivity contribution in [3.05, 3.63) is 75.4 Å². The smallest absolute Gasteiger partial charge is 0.271 e. The summed E-state index contributed by atoms with van der Waals surface area (Å²) in [7, 11) is 0. The average molecular weight is 326 g/mol. The zero-order valence-corrected chi connectivity index (χ0v) is 12.9. The van der Waals surface area contributed by atoms with E-state index in [4.69, 9.17) is 0 Å². The number of H-pyrrole nitrogens is 1. The second-order valence-corrected chi connectivity index (χ2v) is 5.86. The number of hydrogen-bond acceptors (Lipinski definition) is 4. The first-order valence-electron chi connectivity index (χ1n) is 6.97. The Balaban J connectivity index is 1.86. The fourth-order valence-corrected chi connectivity index (χ4v) is 2.85. The molecule has 0 saturated heterocycles. The highest BCUT2D eigenvalue weighted by Gasteiger charge is 2.16. The van der Waals surface area contributed by atoms with Gasteiger partial charge in [-0.3, -0.25) is 9.59 Å². The number of aromatic hydroxyl groups is 1. The van der Waals surface area contributed by atoms with Gasteiger partial charge in [0.15, 0.2) is 11.4 Å². The summed E-state index contributed by atoms with van der Waals surface area (Å²) in [5, 5.41) is 14.4. The fraction of sp³-hybridized carbons (Fsp3) is 0.0588. The van der Waals surface area contributed by atoms with E-state index in [0.717, 1.165) is 10.4 Å². The molecule has 0 bridgehead atoms. The van der Waals surface area contributed by atoms with Crippen LogP contribution in [0.15, 0.2) is 58.7 Å². The van der Waals surface area contributed by atoms with E-state index in [9.17, 15) is 14.7 Å². The van der Waals surface area contributed by atoms with Gasteiger partial charge in [0.25, 0.3) is 5.91 Å². The molecule has 1 amide bonds. The minimum Gasteiger partial charge on any atom is -0.503 e. The van der Waals surface area contributed by atoms with Crippen LogP contribution in [-0.4, -0.2) is 16.0 Å². The number of aromatic nitrogens is 1. The van der Waals surface area contributed by atoms with Crippen molar-refractivity contribution >= 4 is 17.2 Å². The molecule has 0 unspecified atom stereocenters. The van der Waals surface area contributed by atoms with Crippen molar-refractivity contribution in [1.82, 2.24) is 10.3 Å². The van der Waals surface area contributed by atoms with Crippen LogP contribution in [0.3, 0.4) is 0 Å². The molecule has 3 N–H and O–H groups in total. The van der Waals surface area contributed by atoms with E-state index in [2.05, 4.69) is 10.3 Å². The highest BCUT2D eigenvalue weighted by molar-refractivity contribution is 7.13. The highest BCUT2D eigenvalue weighted by Crippen LogP contribution is 2.23. The first-order chi connectivity index (χ1) is 11.1. The largest absolute Gasteiger partial charge is 0.503 e. The molecule has 116 valence electrons. The number of carbonyl (C=O) groups is 1. The maximum atomic E-state index is 12.3. The Morgan fingerprint density at radius 2 is 1.96 bits per heavy atom. The van der Waals surface area contributed by atoms with Gasteiger partial charge in [-0.1, -0.05) is 36.4 Å². The Labute approximate surface area is 136 Å². The van der Waals surface area contributed by atoms with Gasteiger partial charge in [0.2, 0.25) is 5.43 Å². The number of carbonyl (C=O) groups excluding carboxylic acids is 1. The second kappa shape index (κ2) is 6.50. The number of benzene rings is 1. The Morgan fingerprint density at radius 3 is 2.65 bits per heavy atom. The van der Waals surface area contributed by atoms with Crippen LogP contribution in [0.2, 0.25) is 0 Å². The van der Waals surface area contributed by atoms with Gasteiger partial charge in [0, 0.05) is 12.6 Å². The van der Waals surface area contributed by atoms with E-state index in [1.54, 1.807) is 0 Å². The molecule has 0 aliphatic rings. The number of thiophene rings is 1. The van der Waals surface area contributed by atoms with Gasteiger partial charge in [-0.15, -0.1) is 11.3 Å². The zero-order chi connectivity index (χ0) is 16.2. The number of nitrogens with one attached hydrogen (secondary N) is 2. The maximum Gasteiger partial charge on any atom is 0.271 e. The molecule has 23 heavy (non-hydrogen) atoms. The molecule has 3 rings (SSSR count). The Bertz CT molecular complexity index is 871. The number of rotatable bonds is 4. The zero-order valence-electron chi connectivity index (χ0n) is 12.1. The van der Waals surface area contributed by atoms with Crippen LogP contribution in [0.25, 0.3) is 10.6 Å². The third-order valence-electron chi connectivity index (χ3n) is 3.31. The third kappa shape index (κ3) is 3.32. The van der Waals surface area contributed by atoms with Gasteiger partial charge in [0.1, 0.15) is 0 Å². The van der Waals surface area contributed by atoms with E-state index in [1.165, 1.54) is 17.4 Å². The van der Waals surface area contributed by atoms with Crippen molar-refractivity contribution < 1.29 is 9.90 Å². The summed E-state index contributed by atoms with van der Waals surface area (Å²) in [5.74, 6) is -1.10. The summed E-state index contributed by atoms with van der Waals surface area (Å²) in [4.78, 5) is 27.8. The standard InChI is InChI=1S/C17H14N2O3S/c20-13-9-12(14-7-4-8-23-14)19-15(16(13)21)17(22)18-10-11-5-2-1-3-6-11/h1-9,21H,10H2,(H,18,22)(H,19,20). The lowest BCUT2D eigenvalue weighted by molar-refractivity contribution is 0.0943. The molecule has 6 heteroatoms. The number of pyridine rings is 1. The minimum atomic E-state index is -0.586. The van der Waals surface area contributed by atoms with Gasteiger partial charge in [-0.25, -0.2) is 0 Å². The SMILES string of the molecule is O=C(NCc1ccccc1)c1[nH]c(-c2cccs2)cc(=O)c1O. The van der Waals surface area contributed by atoms with Crippen LogP contribution in [0.4, 0.5) is 0 Å². The highest BCUT2D eigenvalue weighted by atomic mass is 32.1. The van der Waals surface area contributed by atoms with Gasteiger partial charge in [0.05, 0.1) is 10.6 Å². The lowest BCUT2D eigenvalue weighted by Gasteiger charge is -2.08. The van der Waals surface area contributed by atoms with Crippen LogP contribution < -0.4 is 10.7 Å². The van der Waals surface area contributed by atoms with Crippen molar-refractivity contribution in [2.75, 3.05) is 0 Å². The quantitative estimate of drug-likeness (QED) is 0.689. The molecule has 0 spiro atoms. The predicted molar refractivity (Wildman–Crippen MR) is 89.7 cm³/mol. The first kappa shape index (κ1) is 15.1. The monoisotopic (exact) mass is 326 g/mol. The van der Waals surface area contributed by atoms with E-state index >= 15 is 0 Å². The van der Waals surface area contributed by atoms with E-state index < -0.39 is 17.1 Å². The molecule has 3 aromatic rings. The van der Waals surface area contributed by atoms with Gasteiger partial charge in [-0.05, 0) is 17.0 Å². The molecule has 5 nitrogen and oxygen atoms in total. The number of amides is 1. The van der Waals surface area contributed by atoms with E-state index in [0.29, 0.717) is 12.2 Å². The van der Waals surface area contributed by atoms with Crippen molar-refractivity contribution in [3.63, 3.8) is 0 Å². The van der Waals surface area contributed by atoms with Gasteiger partial charge >= 0.3 is 0 Å². The summed E-state index contributed by atoms with van der Waals surface area (Å²) in [6.45, 7) is 0.310. The molecule has 1 aromatic carbocycles. The Hall–Kier alpha value is -2.86. The summed E-state index contributed by atoms with van der Waals surface area (Å²) in [5.41, 5.74) is 0.721. The van der Waals surface area contributed by atoms with Crippen molar-refractivity contribution in [3.8, 4) is 16.3 Å². The summed E-state index contributed by atoms with van der Waals surface area (Å²) in [6.07, 6.45) is 0. The first-order valence-corrected chi connectivity index (χ1v) is 7.85. The maximum absolute atomic E-state index is 12.3. The molecular formula is C17H14N2O3S. The molecule has 0 aliphatic heterocycles. The van der Waals surface area contributed by atoms with Crippen LogP contribution in [0.1, 0.15) is 16.1 Å².